The van der Waals surface area contributed by atoms with Crippen LogP contribution in [-0.4, -0.2) is 44.9 Å². The Bertz CT molecular complexity index is 587. The minimum Gasteiger partial charge on any atom is -0.393 e. The summed E-state index contributed by atoms with van der Waals surface area (Å²) in [5, 5.41) is 13.7. The van der Waals surface area contributed by atoms with E-state index in [1.54, 1.807) is 15.8 Å². The number of nitrogens with zero attached hydrogens (tertiary/aromatic N) is 3. The lowest BCUT2D eigenvalue weighted by molar-refractivity contribution is 0.0546. The number of rotatable bonds is 2. The van der Waals surface area contributed by atoms with E-state index in [1.165, 1.54) is 0 Å². The maximum Gasteiger partial charge on any atom is 0.253 e. The van der Waals surface area contributed by atoms with Gasteiger partial charge in [0.25, 0.3) is 5.91 Å². The summed E-state index contributed by atoms with van der Waals surface area (Å²) in [6.45, 7) is 1.23. The zero-order valence-electron chi connectivity index (χ0n) is 11.1. The van der Waals surface area contributed by atoms with Crippen LogP contribution in [-0.2, 0) is 0 Å². The first-order valence-electron chi connectivity index (χ1n) is 6.81. The highest BCUT2D eigenvalue weighted by atomic mass is 16.3. The molecule has 0 aliphatic carbocycles. The summed E-state index contributed by atoms with van der Waals surface area (Å²) >= 11 is 0. The van der Waals surface area contributed by atoms with Crippen LogP contribution < -0.4 is 0 Å². The zero-order chi connectivity index (χ0) is 13.9. The molecule has 0 bridgehead atoms. The number of carbonyl (C=O) groups excluding carboxylic acids is 1. The number of likely N-dealkylation sites (tertiary alicyclic amines) is 1. The Kier molecular flexibility index (Phi) is 3.52. The number of aromatic nitrogens is 2. The van der Waals surface area contributed by atoms with Gasteiger partial charge in [-0.15, -0.1) is 0 Å². The van der Waals surface area contributed by atoms with Crippen molar-refractivity contribution in [3.05, 3.63) is 48.3 Å². The fraction of sp³-hybridized carbons (Fsp3) is 0.333. The molecule has 104 valence electrons. The van der Waals surface area contributed by atoms with Crippen LogP contribution in [0.3, 0.4) is 0 Å². The molecule has 0 unspecified atom stereocenters. The predicted molar refractivity (Wildman–Crippen MR) is 74.7 cm³/mol. The van der Waals surface area contributed by atoms with Crippen molar-refractivity contribution < 1.29 is 9.90 Å². The maximum absolute atomic E-state index is 12.4. The summed E-state index contributed by atoms with van der Waals surface area (Å²) < 4.78 is 1.73. The molecular weight excluding hydrogens is 254 g/mol. The second-order valence-electron chi connectivity index (χ2n) is 5.02. The first kappa shape index (κ1) is 12.9. The molecule has 1 fully saturated rings. The first-order chi connectivity index (χ1) is 9.74. The Hall–Kier alpha value is -2.14. The van der Waals surface area contributed by atoms with Gasteiger partial charge < -0.3 is 10.0 Å². The molecule has 0 spiro atoms. The van der Waals surface area contributed by atoms with Crippen LogP contribution in [0.5, 0.6) is 0 Å². The molecule has 1 amide bonds. The van der Waals surface area contributed by atoms with E-state index in [1.807, 2.05) is 36.5 Å². The van der Waals surface area contributed by atoms with Gasteiger partial charge in [-0.3, -0.25) is 4.79 Å². The molecule has 0 saturated carbocycles. The minimum atomic E-state index is -0.269. The minimum absolute atomic E-state index is 0.0194. The van der Waals surface area contributed by atoms with Gasteiger partial charge in [-0.05, 0) is 37.1 Å². The molecule has 1 aromatic carbocycles. The van der Waals surface area contributed by atoms with Crippen LogP contribution in [0.2, 0.25) is 0 Å². The van der Waals surface area contributed by atoms with Crippen molar-refractivity contribution in [2.45, 2.75) is 18.9 Å². The van der Waals surface area contributed by atoms with Gasteiger partial charge in [-0.1, -0.05) is 6.07 Å². The molecule has 2 aromatic rings. The number of aliphatic hydroxyl groups is 1. The van der Waals surface area contributed by atoms with Gasteiger partial charge in [0.2, 0.25) is 0 Å². The van der Waals surface area contributed by atoms with Crippen molar-refractivity contribution in [1.82, 2.24) is 14.7 Å². The Morgan fingerprint density at radius 3 is 2.75 bits per heavy atom. The summed E-state index contributed by atoms with van der Waals surface area (Å²) in [7, 11) is 0. The topological polar surface area (TPSA) is 58.4 Å². The quantitative estimate of drug-likeness (QED) is 0.900. The van der Waals surface area contributed by atoms with Crippen LogP contribution in [0.4, 0.5) is 0 Å². The summed E-state index contributed by atoms with van der Waals surface area (Å²) in [4.78, 5) is 14.2. The Morgan fingerprint density at radius 1 is 1.25 bits per heavy atom. The molecule has 0 radical (unpaired) electrons. The SMILES string of the molecule is O=C(c1cccc(-n2cccn2)c1)N1CCC(O)CC1. The van der Waals surface area contributed by atoms with E-state index in [4.69, 9.17) is 0 Å². The zero-order valence-corrected chi connectivity index (χ0v) is 11.1. The highest BCUT2D eigenvalue weighted by molar-refractivity contribution is 5.94. The van der Waals surface area contributed by atoms with Gasteiger partial charge in [-0.25, -0.2) is 4.68 Å². The molecule has 1 aliphatic heterocycles. The fourth-order valence-corrected chi connectivity index (χ4v) is 2.45. The number of benzene rings is 1. The van der Waals surface area contributed by atoms with Gasteiger partial charge in [0.1, 0.15) is 0 Å². The summed E-state index contributed by atoms with van der Waals surface area (Å²) in [6, 6.07) is 9.30. The summed E-state index contributed by atoms with van der Waals surface area (Å²) in [5.74, 6) is 0.0194. The average molecular weight is 271 g/mol. The largest absolute Gasteiger partial charge is 0.393 e. The lowest BCUT2D eigenvalue weighted by Crippen LogP contribution is -2.40. The summed E-state index contributed by atoms with van der Waals surface area (Å²) in [5.41, 5.74) is 1.53. The van der Waals surface area contributed by atoms with E-state index in [0.717, 1.165) is 5.69 Å². The first-order valence-corrected chi connectivity index (χ1v) is 6.81. The molecule has 1 N–H and O–H groups in total. The van der Waals surface area contributed by atoms with Crippen molar-refractivity contribution in [2.24, 2.45) is 0 Å². The van der Waals surface area contributed by atoms with Crippen molar-refractivity contribution >= 4 is 5.91 Å². The average Bonchev–Trinajstić information content (AvgIpc) is 3.02. The lowest BCUT2D eigenvalue weighted by Gasteiger charge is -2.29. The number of hydrogen-bond donors (Lipinski definition) is 1. The number of amides is 1. The van der Waals surface area contributed by atoms with E-state index in [-0.39, 0.29) is 12.0 Å². The molecule has 1 aromatic heterocycles. The van der Waals surface area contributed by atoms with E-state index in [9.17, 15) is 9.90 Å². The van der Waals surface area contributed by atoms with E-state index >= 15 is 0 Å². The normalized spacial score (nSPS) is 16.4. The summed E-state index contributed by atoms with van der Waals surface area (Å²) in [6.07, 6.45) is 4.60. The lowest BCUT2D eigenvalue weighted by atomic mass is 10.1. The Morgan fingerprint density at radius 2 is 2.05 bits per heavy atom. The van der Waals surface area contributed by atoms with Crippen LogP contribution in [0, 0.1) is 0 Å². The standard InChI is InChI=1S/C15H17N3O2/c19-14-5-9-17(10-6-14)15(20)12-3-1-4-13(11-12)18-8-2-7-16-18/h1-4,7-8,11,14,19H,5-6,9-10H2. The third-order valence-electron chi connectivity index (χ3n) is 3.61. The molecule has 1 aliphatic rings. The van der Waals surface area contributed by atoms with Crippen molar-refractivity contribution in [3.8, 4) is 5.69 Å². The third kappa shape index (κ3) is 2.58. The number of aliphatic hydroxyl groups excluding tert-OH is 1. The highest BCUT2D eigenvalue weighted by Crippen LogP contribution is 2.16. The Labute approximate surface area is 117 Å². The van der Waals surface area contributed by atoms with Crippen molar-refractivity contribution in [3.63, 3.8) is 0 Å². The highest BCUT2D eigenvalue weighted by Gasteiger charge is 2.22. The van der Waals surface area contributed by atoms with Crippen LogP contribution >= 0.6 is 0 Å². The molecule has 3 rings (SSSR count). The van der Waals surface area contributed by atoms with Crippen LogP contribution in [0.25, 0.3) is 5.69 Å². The van der Waals surface area contributed by atoms with Gasteiger partial charge in [-0.2, -0.15) is 5.10 Å². The Balaban J connectivity index is 1.80. The molecular formula is C15H17N3O2. The monoisotopic (exact) mass is 271 g/mol. The molecule has 5 heteroatoms. The van der Waals surface area contributed by atoms with E-state index in [0.29, 0.717) is 31.5 Å². The second kappa shape index (κ2) is 5.46. The predicted octanol–water partition coefficient (Wildman–Crippen LogP) is 1.47. The van der Waals surface area contributed by atoms with Crippen molar-refractivity contribution in [2.75, 3.05) is 13.1 Å². The molecule has 0 atom stereocenters. The van der Waals surface area contributed by atoms with Gasteiger partial charge in [0.15, 0.2) is 0 Å². The third-order valence-corrected chi connectivity index (χ3v) is 3.61. The molecule has 20 heavy (non-hydrogen) atoms. The van der Waals surface area contributed by atoms with Gasteiger partial charge in [0, 0.05) is 31.0 Å². The van der Waals surface area contributed by atoms with Gasteiger partial charge in [0.05, 0.1) is 11.8 Å². The fourth-order valence-electron chi connectivity index (χ4n) is 2.45. The molecule has 5 nitrogen and oxygen atoms in total. The van der Waals surface area contributed by atoms with E-state index < -0.39 is 0 Å². The smallest absolute Gasteiger partial charge is 0.253 e. The van der Waals surface area contributed by atoms with Crippen LogP contribution in [0.15, 0.2) is 42.7 Å². The number of piperidine rings is 1. The molecule has 2 heterocycles. The van der Waals surface area contributed by atoms with Crippen molar-refractivity contribution in [1.29, 1.82) is 0 Å². The van der Waals surface area contributed by atoms with E-state index in [2.05, 4.69) is 5.10 Å². The van der Waals surface area contributed by atoms with Gasteiger partial charge >= 0.3 is 0 Å². The maximum atomic E-state index is 12.4. The molecule has 1 saturated heterocycles. The second-order valence-corrected chi connectivity index (χ2v) is 5.02. The number of hydrogen-bond acceptors (Lipinski definition) is 3. The van der Waals surface area contributed by atoms with Crippen LogP contribution in [0.1, 0.15) is 23.2 Å². The number of carbonyl (C=O) groups is 1.